The minimum atomic E-state index is -0.0710. The summed E-state index contributed by atoms with van der Waals surface area (Å²) in [5.41, 5.74) is 11.4. The quantitative estimate of drug-likeness (QED) is 0.380. The van der Waals surface area contributed by atoms with Crippen LogP contribution in [-0.4, -0.2) is 27.4 Å². The number of carbonyl (C=O) groups is 1. The Labute approximate surface area is 174 Å². The third kappa shape index (κ3) is 4.25. The highest BCUT2D eigenvalue weighted by Gasteiger charge is 2.17. The highest BCUT2D eigenvalue weighted by Crippen LogP contribution is 2.29. The Balaban J connectivity index is 1.71. The van der Waals surface area contributed by atoms with Gasteiger partial charge >= 0.3 is 0 Å². The van der Waals surface area contributed by atoms with Gasteiger partial charge in [0.2, 0.25) is 5.91 Å². The first-order chi connectivity index (χ1) is 14.6. The molecule has 30 heavy (non-hydrogen) atoms. The molecule has 0 fully saturated rings. The van der Waals surface area contributed by atoms with Crippen LogP contribution in [0.3, 0.4) is 0 Å². The number of carbonyl (C=O) groups excluding carboxylic acids is 1. The van der Waals surface area contributed by atoms with Crippen molar-refractivity contribution in [3.63, 3.8) is 0 Å². The number of hydrogen-bond donors (Lipinski definition) is 4. The smallest absolute Gasteiger partial charge is 0.216 e. The molecule has 4 rings (SSSR count). The summed E-state index contributed by atoms with van der Waals surface area (Å²) in [6.07, 6.45) is 0.562. The minimum absolute atomic E-state index is 0.0710. The molecular weight excluding hydrogens is 376 g/mol. The molecule has 0 unspecified atom stereocenters. The lowest BCUT2D eigenvalue weighted by Crippen LogP contribution is -2.22. The van der Waals surface area contributed by atoms with Crippen molar-refractivity contribution < 1.29 is 4.79 Å². The molecule has 1 amide bonds. The van der Waals surface area contributed by atoms with Crippen molar-refractivity contribution in [1.29, 1.82) is 0 Å². The summed E-state index contributed by atoms with van der Waals surface area (Å²) >= 11 is 0. The Morgan fingerprint density at radius 2 is 1.73 bits per heavy atom. The number of rotatable bonds is 7. The Morgan fingerprint density at radius 3 is 2.43 bits per heavy atom. The van der Waals surface area contributed by atoms with Crippen LogP contribution >= 0.6 is 0 Å². The third-order valence-electron chi connectivity index (χ3n) is 4.86. The van der Waals surface area contributed by atoms with Crippen LogP contribution in [-0.2, 0) is 17.8 Å². The van der Waals surface area contributed by atoms with Crippen LogP contribution in [0.2, 0.25) is 0 Å². The molecule has 152 valence electrons. The van der Waals surface area contributed by atoms with E-state index in [0.29, 0.717) is 36.7 Å². The number of amides is 1. The van der Waals surface area contributed by atoms with Gasteiger partial charge in [-0.15, -0.1) is 0 Å². The minimum Gasteiger partial charge on any atom is -0.397 e. The van der Waals surface area contributed by atoms with E-state index < -0.39 is 0 Å². The van der Waals surface area contributed by atoms with Crippen molar-refractivity contribution in [3.8, 4) is 11.4 Å². The van der Waals surface area contributed by atoms with E-state index in [-0.39, 0.29) is 5.91 Å². The molecule has 0 saturated carbocycles. The predicted octanol–water partition coefficient (Wildman–Crippen LogP) is 3.50. The summed E-state index contributed by atoms with van der Waals surface area (Å²) < 4.78 is 0. The van der Waals surface area contributed by atoms with E-state index in [0.717, 1.165) is 28.0 Å². The van der Waals surface area contributed by atoms with Gasteiger partial charge in [-0.2, -0.15) is 0 Å². The number of anilines is 2. The molecule has 7 heteroatoms. The van der Waals surface area contributed by atoms with E-state index in [1.54, 1.807) is 0 Å². The molecule has 7 nitrogen and oxygen atoms in total. The number of nitrogens with zero attached hydrogens (tertiary/aromatic N) is 2. The van der Waals surface area contributed by atoms with Gasteiger partial charge in [0.15, 0.2) is 5.82 Å². The van der Waals surface area contributed by atoms with Gasteiger partial charge in [0.05, 0.1) is 29.0 Å². The monoisotopic (exact) mass is 400 g/mol. The molecule has 2 aromatic heterocycles. The van der Waals surface area contributed by atoms with E-state index in [2.05, 4.69) is 15.6 Å². The first kappa shape index (κ1) is 19.4. The highest BCUT2D eigenvalue weighted by atomic mass is 16.1. The molecule has 0 radical (unpaired) electrons. The number of hydrogen-bond acceptors (Lipinski definition) is 5. The lowest BCUT2D eigenvalue weighted by molar-refractivity contribution is -0.118. The van der Waals surface area contributed by atoms with E-state index in [9.17, 15) is 4.79 Å². The van der Waals surface area contributed by atoms with Crippen LogP contribution < -0.4 is 16.4 Å². The van der Waals surface area contributed by atoms with Gasteiger partial charge in [-0.25, -0.2) is 9.97 Å². The summed E-state index contributed by atoms with van der Waals surface area (Å²) in [5, 5.41) is 7.01. The van der Waals surface area contributed by atoms with Crippen LogP contribution in [0, 0.1) is 0 Å². The van der Waals surface area contributed by atoms with Crippen LogP contribution in [0.25, 0.3) is 22.4 Å². The maximum atomic E-state index is 11.3. The van der Waals surface area contributed by atoms with Gasteiger partial charge in [-0.05, 0) is 12.1 Å². The summed E-state index contributed by atoms with van der Waals surface area (Å²) in [7, 11) is 0. The van der Waals surface area contributed by atoms with Crippen LogP contribution in [0.4, 0.5) is 11.4 Å². The fourth-order valence-corrected chi connectivity index (χ4v) is 3.38. The van der Waals surface area contributed by atoms with Gasteiger partial charge in [0.25, 0.3) is 0 Å². The molecule has 0 aliphatic carbocycles. The second kappa shape index (κ2) is 8.65. The first-order valence-electron chi connectivity index (χ1n) is 9.87. The Kier molecular flexibility index (Phi) is 5.61. The molecule has 2 aromatic carbocycles. The fourth-order valence-electron chi connectivity index (χ4n) is 3.38. The predicted molar refractivity (Wildman–Crippen MR) is 120 cm³/mol. The molecule has 0 bridgehead atoms. The number of nitrogens with one attached hydrogen (secondary N) is 3. The zero-order valence-electron chi connectivity index (χ0n) is 16.8. The standard InChI is InChI=1S/C23H24N6O/c1-15(30)25-13-12-18-20-21(24)19(14-26-17-10-6-3-7-11-17)28-23(20)29-22(27-18)16-8-4-2-5-9-16/h2-11,26H,12-14,24H2,1H3,(H,25,30)(H,27,28,29). The zero-order chi connectivity index (χ0) is 20.9. The molecule has 0 atom stereocenters. The summed E-state index contributed by atoms with van der Waals surface area (Å²) in [5.74, 6) is 0.558. The van der Waals surface area contributed by atoms with E-state index in [4.69, 9.17) is 15.7 Å². The second-order valence-corrected chi connectivity index (χ2v) is 7.05. The number of fused-ring (bicyclic) bond motifs is 1. The number of nitrogen functional groups attached to an aromatic ring is 1. The van der Waals surface area contributed by atoms with Gasteiger partial charge < -0.3 is 21.4 Å². The summed E-state index contributed by atoms with van der Waals surface area (Å²) in [4.78, 5) is 24.2. The van der Waals surface area contributed by atoms with Gasteiger partial charge in [0, 0.05) is 31.1 Å². The van der Waals surface area contributed by atoms with Gasteiger partial charge in [-0.1, -0.05) is 48.5 Å². The van der Waals surface area contributed by atoms with Crippen molar-refractivity contribution >= 4 is 28.3 Å². The number of para-hydroxylation sites is 1. The number of aromatic amines is 1. The average molecular weight is 400 g/mol. The topological polar surface area (TPSA) is 109 Å². The van der Waals surface area contributed by atoms with Crippen molar-refractivity contribution in [2.24, 2.45) is 0 Å². The number of nitrogens with two attached hydrogens (primary N) is 1. The second-order valence-electron chi connectivity index (χ2n) is 7.05. The fraction of sp³-hybridized carbons (Fsp3) is 0.174. The first-order valence-corrected chi connectivity index (χ1v) is 9.87. The number of aromatic nitrogens is 3. The lowest BCUT2D eigenvalue weighted by Gasteiger charge is -2.08. The van der Waals surface area contributed by atoms with E-state index in [1.807, 2.05) is 60.7 Å². The number of benzene rings is 2. The van der Waals surface area contributed by atoms with Crippen molar-refractivity contribution in [2.45, 2.75) is 19.9 Å². The van der Waals surface area contributed by atoms with Crippen molar-refractivity contribution in [1.82, 2.24) is 20.3 Å². The van der Waals surface area contributed by atoms with Crippen LogP contribution in [0.1, 0.15) is 18.3 Å². The zero-order valence-corrected chi connectivity index (χ0v) is 16.8. The molecule has 4 aromatic rings. The normalized spacial score (nSPS) is 10.8. The highest BCUT2D eigenvalue weighted by molar-refractivity contribution is 5.94. The Bertz CT molecular complexity index is 1150. The molecule has 0 saturated heterocycles. The molecule has 2 heterocycles. The Hall–Kier alpha value is -3.87. The molecule has 5 N–H and O–H groups in total. The average Bonchev–Trinajstić information content (AvgIpc) is 3.09. The summed E-state index contributed by atoms with van der Waals surface area (Å²) in [6.45, 7) is 2.53. The van der Waals surface area contributed by atoms with Gasteiger partial charge in [0.1, 0.15) is 5.65 Å². The molecular formula is C23H24N6O. The number of H-pyrrole nitrogens is 1. The Morgan fingerprint density at radius 1 is 1.03 bits per heavy atom. The molecule has 0 spiro atoms. The SMILES string of the molecule is CC(=O)NCCc1nc(-c2ccccc2)nc2[nH]c(CNc3ccccc3)c(N)c12. The van der Waals surface area contributed by atoms with Crippen LogP contribution in [0.15, 0.2) is 60.7 Å². The van der Waals surface area contributed by atoms with Crippen molar-refractivity contribution in [2.75, 3.05) is 17.6 Å². The van der Waals surface area contributed by atoms with E-state index >= 15 is 0 Å². The maximum Gasteiger partial charge on any atom is 0.216 e. The van der Waals surface area contributed by atoms with Crippen LogP contribution in [0.5, 0.6) is 0 Å². The molecule has 0 aliphatic heterocycles. The largest absolute Gasteiger partial charge is 0.397 e. The molecule has 0 aliphatic rings. The van der Waals surface area contributed by atoms with E-state index in [1.165, 1.54) is 6.92 Å². The van der Waals surface area contributed by atoms with Crippen molar-refractivity contribution in [3.05, 3.63) is 72.1 Å². The maximum absolute atomic E-state index is 11.3. The lowest BCUT2D eigenvalue weighted by atomic mass is 10.1. The third-order valence-corrected chi connectivity index (χ3v) is 4.86. The summed E-state index contributed by atoms with van der Waals surface area (Å²) in [6, 6.07) is 19.8. The van der Waals surface area contributed by atoms with Gasteiger partial charge in [-0.3, -0.25) is 4.79 Å².